The Balaban J connectivity index is 1.52. The van der Waals surface area contributed by atoms with Crippen LogP contribution in [0.15, 0.2) is 53.0 Å². The predicted octanol–water partition coefficient (Wildman–Crippen LogP) is 4.70. The van der Waals surface area contributed by atoms with E-state index in [-0.39, 0.29) is 0 Å². The fraction of sp³-hybridized carbons (Fsp3) is 0.200. The molecule has 2 heterocycles. The first-order chi connectivity index (χ1) is 13.7. The molecule has 28 heavy (non-hydrogen) atoms. The van der Waals surface area contributed by atoms with Gasteiger partial charge in [0.15, 0.2) is 0 Å². The summed E-state index contributed by atoms with van der Waals surface area (Å²) in [7, 11) is 1.67. The lowest BCUT2D eigenvalue weighted by molar-refractivity contribution is 0.415. The predicted molar refractivity (Wildman–Crippen MR) is 112 cm³/mol. The summed E-state index contributed by atoms with van der Waals surface area (Å²) in [5, 5.41) is 16.1. The molecule has 8 heteroatoms. The van der Waals surface area contributed by atoms with E-state index in [9.17, 15) is 0 Å². The SMILES string of the molecule is COc1cccc(-c2nc(CSc3nnnn3-c3c(C)cccc3C)cs2)c1. The first-order valence-electron chi connectivity index (χ1n) is 8.72. The highest BCUT2D eigenvalue weighted by molar-refractivity contribution is 7.98. The third-order valence-corrected chi connectivity index (χ3v) is 6.20. The minimum absolute atomic E-state index is 0.700. The van der Waals surface area contributed by atoms with E-state index in [1.165, 1.54) is 0 Å². The van der Waals surface area contributed by atoms with E-state index in [1.807, 2.05) is 35.0 Å². The second kappa shape index (κ2) is 8.12. The highest BCUT2D eigenvalue weighted by Crippen LogP contribution is 2.30. The van der Waals surface area contributed by atoms with Gasteiger partial charge >= 0.3 is 0 Å². The number of benzene rings is 2. The summed E-state index contributed by atoms with van der Waals surface area (Å²) in [5.41, 5.74) is 5.38. The average Bonchev–Trinajstić information content (AvgIpc) is 3.36. The maximum atomic E-state index is 5.30. The molecule has 142 valence electrons. The van der Waals surface area contributed by atoms with Crippen molar-refractivity contribution in [2.75, 3.05) is 7.11 Å². The van der Waals surface area contributed by atoms with Crippen LogP contribution in [0.25, 0.3) is 16.3 Å². The van der Waals surface area contributed by atoms with Crippen molar-refractivity contribution >= 4 is 23.1 Å². The normalized spacial score (nSPS) is 11.0. The maximum absolute atomic E-state index is 5.30. The summed E-state index contributed by atoms with van der Waals surface area (Å²) in [6.45, 7) is 4.14. The summed E-state index contributed by atoms with van der Waals surface area (Å²) in [6, 6.07) is 14.1. The molecular formula is C20H19N5OS2. The van der Waals surface area contributed by atoms with Gasteiger partial charge in [0.2, 0.25) is 5.16 Å². The average molecular weight is 410 g/mol. The number of methoxy groups -OCH3 is 1. The number of hydrogen-bond donors (Lipinski definition) is 0. The van der Waals surface area contributed by atoms with Crippen molar-refractivity contribution in [3.05, 3.63) is 64.7 Å². The Hall–Kier alpha value is -2.71. The van der Waals surface area contributed by atoms with E-state index in [0.29, 0.717) is 5.75 Å². The summed E-state index contributed by atoms with van der Waals surface area (Å²) in [5.74, 6) is 1.53. The summed E-state index contributed by atoms with van der Waals surface area (Å²) in [4.78, 5) is 4.76. The van der Waals surface area contributed by atoms with Crippen LogP contribution in [0.1, 0.15) is 16.8 Å². The van der Waals surface area contributed by atoms with Crippen molar-refractivity contribution in [3.63, 3.8) is 0 Å². The van der Waals surface area contributed by atoms with Crippen LogP contribution in [-0.4, -0.2) is 32.3 Å². The lowest BCUT2D eigenvalue weighted by Crippen LogP contribution is -2.04. The maximum Gasteiger partial charge on any atom is 0.214 e. The Morgan fingerprint density at radius 1 is 1.11 bits per heavy atom. The van der Waals surface area contributed by atoms with Crippen LogP contribution < -0.4 is 4.74 Å². The third-order valence-electron chi connectivity index (χ3n) is 4.31. The van der Waals surface area contributed by atoms with Crippen LogP contribution in [-0.2, 0) is 5.75 Å². The molecule has 0 aliphatic heterocycles. The number of thioether (sulfide) groups is 1. The molecule has 0 N–H and O–H groups in total. The van der Waals surface area contributed by atoms with Gasteiger partial charge in [0, 0.05) is 16.7 Å². The highest BCUT2D eigenvalue weighted by atomic mass is 32.2. The molecule has 0 radical (unpaired) electrons. The zero-order valence-corrected chi connectivity index (χ0v) is 17.4. The van der Waals surface area contributed by atoms with Crippen LogP contribution in [0.3, 0.4) is 0 Å². The van der Waals surface area contributed by atoms with Crippen LogP contribution in [0.2, 0.25) is 0 Å². The Morgan fingerprint density at radius 3 is 2.68 bits per heavy atom. The van der Waals surface area contributed by atoms with Crippen LogP contribution >= 0.6 is 23.1 Å². The van der Waals surface area contributed by atoms with E-state index in [1.54, 1.807) is 30.2 Å². The Morgan fingerprint density at radius 2 is 1.89 bits per heavy atom. The van der Waals surface area contributed by atoms with Gasteiger partial charge in [0.25, 0.3) is 0 Å². The summed E-state index contributed by atoms with van der Waals surface area (Å²) in [6.07, 6.45) is 0. The molecule has 0 bridgehead atoms. The fourth-order valence-electron chi connectivity index (χ4n) is 2.95. The van der Waals surface area contributed by atoms with Crippen LogP contribution in [0.4, 0.5) is 0 Å². The van der Waals surface area contributed by atoms with Crippen molar-refractivity contribution in [1.29, 1.82) is 0 Å². The Kier molecular flexibility index (Phi) is 5.40. The summed E-state index contributed by atoms with van der Waals surface area (Å²) >= 11 is 3.21. The lowest BCUT2D eigenvalue weighted by atomic mass is 10.1. The van der Waals surface area contributed by atoms with Crippen molar-refractivity contribution in [2.24, 2.45) is 0 Å². The smallest absolute Gasteiger partial charge is 0.214 e. The van der Waals surface area contributed by atoms with E-state index in [2.05, 4.69) is 46.9 Å². The molecule has 6 nitrogen and oxygen atoms in total. The van der Waals surface area contributed by atoms with Crippen LogP contribution in [0.5, 0.6) is 5.75 Å². The van der Waals surface area contributed by atoms with Crippen molar-refractivity contribution in [1.82, 2.24) is 25.2 Å². The molecule has 0 fully saturated rings. The number of tetrazole rings is 1. The number of aryl methyl sites for hydroxylation is 2. The monoisotopic (exact) mass is 409 g/mol. The molecule has 0 spiro atoms. The largest absolute Gasteiger partial charge is 0.497 e. The molecule has 0 saturated carbocycles. The van der Waals surface area contributed by atoms with Gasteiger partial charge in [-0.05, 0) is 47.5 Å². The Bertz CT molecular complexity index is 1090. The van der Waals surface area contributed by atoms with E-state index in [4.69, 9.17) is 9.72 Å². The van der Waals surface area contributed by atoms with Crippen molar-refractivity contribution in [2.45, 2.75) is 24.8 Å². The second-order valence-electron chi connectivity index (χ2n) is 6.28. The van der Waals surface area contributed by atoms with Gasteiger partial charge in [-0.15, -0.1) is 16.4 Å². The van der Waals surface area contributed by atoms with Crippen LogP contribution in [0, 0.1) is 13.8 Å². The molecule has 2 aromatic heterocycles. The standard InChI is InChI=1S/C20H19N5OS2/c1-13-6-4-7-14(2)18(13)25-20(22-23-24-25)28-12-16-11-27-19(21-16)15-8-5-9-17(10-15)26-3/h4-11H,12H2,1-3H3. The second-order valence-corrected chi connectivity index (χ2v) is 8.08. The number of rotatable bonds is 6. The molecule has 0 unspecified atom stereocenters. The molecule has 0 saturated heterocycles. The first-order valence-corrected chi connectivity index (χ1v) is 10.6. The molecule has 2 aromatic carbocycles. The van der Waals surface area contributed by atoms with Gasteiger partial charge in [0.1, 0.15) is 10.8 Å². The number of aromatic nitrogens is 5. The lowest BCUT2D eigenvalue weighted by Gasteiger charge is -2.10. The van der Waals surface area contributed by atoms with Crippen molar-refractivity contribution in [3.8, 4) is 22.0 Å². The molecule has 0 amide bonds. The molecular weight excluding hydrogens is 390 g/mol. The minimum Gasteiger partial charge on any atom is -0.497 e. The zero-order valence-electron chi connectivity index (χ0n) is 15.8. The molecule has 0 atom stereocenters. The molecule has 0 aliphatic rings. The summed E-state index contributed by atoms with van der Waals surface area (Å²) < 4.78 is 7.11. The quantitative estimate of drug-likeness (QED) is 0.430. The fourth-order valence-corrected chi connectivity index (χ4v) is 4.64. The van der Waals surface area contributed by atoms with E-state index < -0.39 is 0 Å². The van der Waals surface area contributed by atoms with E-state index in [0.717, 1.165) is 44.0 Å². The number of nitrogens with zero attached hydrogens (tertiary/aromatic N) is 5. The molecule has 4 aromatic rings. The minimum atomic E-state index is 0.700. The van der Waals surface area contributed by atoms with E-state index >= 15 is 0 Å². The van der Waals surface area contributed by atoms with Gasteiger partial charge in [-0.3, -0.25) is 0 Å². The number of thiazole rings is 1. The molecule has 0 aliphatic carbocycles. The van der Waals surface area contributed by atoms with Gasteiger partial charge in [-0.1, -0.05) is 42.1 Å². The van der Waals surface area contributed by atoms with Gasteiger partial charge in [0.05, 0.1) is 18.5 Å². The van der Waals surface area contributed by atoms with Gasteiger partial charge in [-0.2, -0.15) is 4.68 Å². The Labute approximate surface area is 171 Å². The zero-order chi connectivity index (χ0) is 19.5. The van der Waals surface area contributed by atoms with Crippen molar-refractivity contribution < 1.29 is 4.74 Å². The number of ether oxygens (including phenoxy) is 1. The molecule has 4 rings (SSSR count). The van der Waals surface area contributed by atoms with Gasteiger partial charge in [-0.25, -0.2) is 4.98 Å². The highest BCUT2D eigenvalue weighted by Gasteiger charge is 2.14. The third kappa shape index (κ3) is 3.79. The number of para-hydroxylation sites is 1. The van der Waals surface area contributed by atoms with Gasteiger partial charge < -0.3 is 4.74 Å². The first kappa shape index (κ1) is 18.6. The number of hydrogen-bond acceptors (Lipinski definition) is 7. The topological polar surface area (TPSA) is 65.7 Å².